The second-order valence-corrected chi connectivity index (χ2v) is 6.30. The van der Waals surface area contributed by atoms with E-state index in [0.717, 1.165) is 5.92 Å². The van der Waals surface area contributed by atoms with Crippen LogP contribution in [0.4, 0.5) is 0 Å². The number of nitrogens with one attached hydrogen (secondary N) is 1. The van der Waals surface area contributed by atoms with Gasteiger partial charge in [-0.05, 0) is 55.0 Å². The van der Waals surface area contributed by atoms with E-state index in [-0.39, 0.29) is 0 Å². The molecule has 2 heteroatoms. The minimum atomic E-state index is 0.368. The highest BCUT2D eigenvalue weighted by Gasteiger charge is 2.40. The molecule has 0 saturated heterocycles. The maximum atomic E-state index is 3.83. The molecule has 1 aromatic rings. The molecule has 1 aliphatic carbocycles. The minimum absolute atomic E-state index is 0.368. The summed E-state index contributed by atoms with van der Waals surface area (Å²) in [5.74, 6) is 0.984. The molecule has 0 unspecified atom stereocenters. The molecule has 2 heterocycles. The molecule has 88 valence electrons. The summed E-state index contributed by atoms with van der Waals surface area (Å²) in [6.07, 6.45) is 8.16. The van der Waals surface area contributed by atoms with Crippen molar-refractivity contribution in [3.05, 3.63) is 21.9 Å². The van der Waals surface area contributed by atoms with Crippen LogP contribution in [-0.4, -0.2) is 6.54 Å². The predicted molar refractivity (Wildman–Crippen MR) is 70.0 cm³/mol. The first-order valence-corrected chi connectivity index (χ1v) is 7.54. The quantitative estimate of drug-likeness (QED) is 0.783. The van der Waals surface area contributed by atoms with Crippen LogP contribution < -0.4 is 5.32 Å². The summed E-state index contributed by atoms with van der Waals surface area (Å²) in [6, 6.07) is 2.34. The summed E-state index contributed by atoms with van der Waals surface area (Å²) in [7, 11) is 0. The fourth-order valence-corrected chi connectivity index (χ4v) is 4.64. The van der Waals surface area contributed by atoms with Crippen LogP contribution in [0.15, 0.2) is 11.4 Å². The number of hydrogen-bond acceptors (Lipinski definition) is 2. The van der Waals surface area contributed by atoms with E-state index in [4.69, 9.17) is 0 Å². The topological polar surface area (TPSA) is 12.0 Å². The van der Waals surface area contributed by atoms with Crippen LogP contribution in [0.1, 0.15) is 49.5 Å². The average Bonchev–Trinajstić information content (AvgIpc) is 2.80. The molecule has 0 radical (unpaired) electrons. The highest BCUT2D eigenvalue weighted by atomic mass is 32.1. The third kappa shape index (κ3) is 1.63. The number of hydrogen-bond donors (Lipinski definition) is 1. The molecule has 1 saturated carbocycles. The molecule has 16 heavy (non-hydrogen) atoms. The Bertz CT molecular complexity index is 361. The molecule has 1 N–H and O–H groups in total. The lowest BCUT2D eigenvalue weighted by molar-refractivity contribution is 0.182. The van der Waals surface area contributed by atoms with Gasteiger partial charge >= 0.3 is 0 Å². The normalized spacial score (nSPS) is 33.9. The molecule has 0 aromatic carbocycles. The maximum Gasteiger partial charge on any atom is 0.0531 e. The fourth-order valence-electron chi connectivity index (χ4n) is 3.45. The third-order valence-corrected chi connectivity index (χ3v) is 5.74. The molecule has 1 aliphatic heterocycles. The Balaban J connectivity index is 1.86. The fraction of sp³-hybridized carbons (Fsp3) is 0.714. The largest absolute Gasteiger partial charge is 0.306 e. The van der Waals surface area contributed by atoms with Crippen LogP contribution in [0.25, 0.3) is 0 Å². The van der Waals surface area contributed by atoms with Crippen LogP contribution in [0, 0.1) is 5.92 Å². The summed E-state index contributed by atoms with van der Waals surface area (Å²) in [5, 5.41) is 6.11. The van der Waals surface area contributed by atoms with Gasteiger partial charge in [0.25, 0.3) is 0 Å². The molecular weight excluding hydrogens is 214 g/mol. The molecule has 2 aliphatic rings. The summed E-state index contributed by atoms with van der Waals surface area (Å²) < 4.78 is 0. The van der Waals surface area contributed by atoms with Gasteiger partial charge in [0.05, 0.1) is 5.54 Å². The monoisotopic (exact) mass is 235 g/mol. The first-order chi connectivity index (χ1) is 7.84. The summed E-state index contributed by atoms with van der Waals surface area (Å²) in [5.41, 5.74) is 1.99. The van der Waals surface area contributed by atoms with Gasteiger partial charge in [0.1, 0.15) is 0 Å². The van der Waals surface area contributed by atoms with Crippen molar-refractivity contribution in [2.24, 2.45) is 5.92 Å². The number of thiophene rings is 1. The molecule has 3 rings (SSSR count). The number of fused-ring (bicyclic) bond motifs is 2. The molecule has 1 fully saturated rings. The van der Waals surface area contributed by atoms with E-state index < -0.39 is 0 Å². The second-order valence-electron chi connectivity index (χ2n) is 5.39. The third-order valence-electron chi connectivity index (χ3n) is 4.58. The second kappa shape index (κ2) is 4.15. The maximum absolute atomic E-state index is 3.83. The summed E-state index contributed by atoms with van der Waals surface area (Å²) >= 11 is 1.98. The van der Waals surface area contributed by atoms with Crippen molar-refractivity contribution in [3.8, 4) is 0 Å². The van der Waals surface area contributed by atoms with E-state index in [0.29, 0.717) is 5.54 Å². The molecule has 0 atom stereocenters. The lowest BCUT2D eigenvalue weighted by Gasteiger charge is -2.43. The van der Waals surface area contributed by atoms with Crippen molar-refractivity contribution < 1.29 is 0 Å². The smallest absolute Gasteiger partial charge is 0.0531 e. The SMILES string of the molecule is CCC1CCC2(CC1)NCCc1ccsc12. The lowest BCUT2D eigenvalue weighted by Crippen LogP contribution is -2.48. The number of rotatable bonds is 1. The highest BCUT2D eigenvalue weighted by Crippen LogP contribution is 2.45. The van der Waals surface area contributed by atoms with E-state index in [1.807, 2.05) is 11.3 Å². The Labute approximate surface area is 102 Å². The molecule has 1 nitrogen and oxygen atoms in total. The highest BCUT2D eigenvalue weighted by molar-refractivity contribution is 7.10. The van der Waals surface area contributed by atoms with Crippen LogP contribution >= 0.6 is 11.3 Å². The Hall–Kier alpha value is -0.340. The zero-order valence-electron chi connectivity index (χ0n) is 10.1. The van der Waals surface area contributed by atoms with Crippen molar-refractivity contribution in [3.63, 3.8) is 0 Å². The lowest BCUT2D eigenvalue weighted by atomic mass is 9.72. The minimum Gasteiger partial charge on any atom is -0.306 e. The van der Waals surface area contributed by atoms with Crippen molar-refractivity contribution in [2.45, 2.75) is 51.0 Å². The van der Waals surface area contributed by atoms with Crippen LogP contribution in [-0.2, 0) is 12.0 Å². The van der Waals surface area contributed by atoms with Gasteiger partial charge in [-0.15, -0.1) is 11.3 Å². The molecular formula is C14H21NS. The van der Waals surface area contributed by atoms with Crippen molar-refractivity contribution in [1.29, 1.82) is 0 Å². The first-order valence-electron chi connectivity index (χ1n) is 6.66. The molecule has 0 amide bonds. The Morgan fingerprint density at radius 2 is 2.25 bits per heavy atom. The van der Waals surface area contributed by atoms with Gasteiger partial charge in [-0.25, -0.2) is 0 Å². The average molecular weight is 235 g/mol. The zero-order chi connectivity index (χ0) is 11.0. The van der Waals surface area contributed by atoms with Gasteiger partial charge in [0, 0.05) is 11.4 Å². The van der Waals surface area contributed by atoms with E-state index in [9.17, 15) is 0 Å². The van der Waals surface area contributed by atoms with Gasteiger partial charge in [-0.3, -0.25) is 0 Å². The first kappa shape index (κ1) is 10.8. The van der Waals surface area contributed by atoms with E-state index in [2.05, 4.69) is 23.7 Å². The van der Waals surface area contributed by atoms with Crippen LogP contribution in [0.3, 0.4) is 0 Å². The van der Waals surface area contributed by atoms with Gasteiger partial charge < -0.3 is 5.32 Å². The summed E-state index contributed by atoms with van der Waals surface area (Å²) in [4.78, 5) is 1.66. The standard InChI is InChI=1S/C14H21NS/c1-2-11-3-7-14(8-4-11)13-12(5-9-15-14)6-10-16-13/h6,10-11,15H,2-5,7-9H2,1H3. The summed E-state index contributed by atoms with van der Waals surface area (Å²) in [6.45, 7) is 3.52. The van der Waals surface area contributed by atoms with E-state index >= 15 is 0 Å². The van der Waals surface area contributed by atoms with Crippen LogP contribution in [0.5, 0.6) is 0 Å². The molecule has 0 bridgehead atoms. The Morgan fingerprint density at radius 3 is 3.00 bits per heavy atom. The predicted octanol–water partition coefficient (Wildman–Crippen LogP) is 3.69. The van der Waals surface area contributed by atoms with E-state index in [1.165, 1.54) is 45.1 Å². The van der Waals surface area contributed by atoms with Gasteiger partial charge in [0.2, 0.25) is 0 Å². The molecule has 1 spiro atoms. The Kier molecular flexibility index (Phi) is 2.80. The van der Waals surface area contributed by atoms with E-state index in [1.54, 1.807) is 10.4 Å². The van der Waals surface area contributed by atoms with Gasteiger partial charge in [0.15, 0.2) is 0 Å². The Morgan fingerprint density at radius 1 is 1.44 bits per heavy atom. The van der Waals surface area contributed by atoms with Crippen LogP contribution in [0.2, 0.25) is 0 Å². The molecule has 1 aromatic heterocycles. The van der Waals surface area contributed by atoms with Crippen molar-refractivity contribution >= 4 is 11.3 Å². The van der Waals surface area contributed by atoms with Crippen molar-refractivity contribution in [2.75, 3.05) is 6.54 Å². The van der Waals surface area contributed by atoms with Gasteiger partial charge in [-0.1, -0.05) is 13.3 Å². The van der Waals surface area contributed by atoms with Gasteiger partial charge in [-0.2, -0.15) is 0 Å². The van der Waals surface area contributed by atoms with Crippen molar-refractivity contribution in [1.82, 2.24) is 5.32 Å². The zero-order valence-corrected chi connectivity index (χ0v) is 10.9.